The number of fused-ring (bicyclic) bond motifs is 1. The fourth-order valence-electron chi connectivity index (χ4n) is 2.97. The number of hydrogen-bond donors (Lipinski definition) is 5. The highest BCUT2D eigenvalue weighted by Crippen LogP contribution is 2.31. The van der Waals surface area contributed by atoms with Crippen LogP contribution < -0.4 is 16.6 Å². The van der Waals surface area contributed by atoms with Gasteiger partial charge in [-0.25, -0.2) is 9.59 Å². The highest BCUT2D eigenvalue weighted by molar-refractivity contribution is 6.07. The molecule has 24 heavy (non-hydrogen) atoms. The van der Waals surface area contributed by atoms with Crippen LogP contribution in [0.2, 0.25) is 0 Å². The van der Waals surface area contributed by atoms with E-state index in [1.807, 2.05) is 0 Å². The van der Waals surface area contributed by atoms with Gasteiger partial charge in [0.2, 0.25) is 0 Å². The minimum atomic E-state index is -1.51. The van der Waals surface area contributed by atoms with Gasteiger partial charge in [-0.1, -0.05) is 18.2 Å². The Morgan fingerprint density at radius 1 is 1.08 bits per heavy atom. The summed E-state index contributed by atoms with van der Waals surface area (Å²) in [5.74, 6) is -3.28. The van der Waals surface area contributed by atoms with Gasteiger partial charge in [0.15, 0.2) is 0 Å². The number of carboxylic acids is 2. The monoisotopic (exact) mass is 329 g/mol. The first-order valence-electron chi connectivity index (χ1n) is 7.25. The Balaban J connectivity index is 2.35. The van der Waals surface area contributed by atoms with Crippen molar-refractivity contribution in [1.29, 1.82) is 0 Å². The quantitative estimate of drug-likeness (QED) is 0.556. The van der Waals surface area contributed by atoms with Crippen LogP contribution in [0.3, 0.4) is 0 Å². The van der Waals surface area contributed by atoms with E-state index >= 15 is 0 Å². The molecule has 0 amide bonds. The Bertz CT molecular complexity index is 917. The van der Waals surface area contributed by atoms with E-state index in [0.29, 0.717) is 12.1 Å². The zero-order valence-electron chi connectivity index (χ0n) is 12.5. The van der Waals surface area contributed by atoms with Gasteiger partial charge in [-0.2, -0.15) is 0 Å². The second kappa shape index (κ2) is 5.82. The fourth-order valence-corrected chi connectivity index (χ4v) is 2.97. The third-order valence-corrected chi connectivity index (χ3v) is 4.05. The van der Waals surface area contributed by atoms with Crippen molar-refractivity contribution in [3.63, 3.8) is 0 Å². The van der Waals surface area contributed by atoms with Gasteiger partial charge >= 0.3 is 11.9 Å². The number of rotatable bonds is 3. The minimum Gasteiger partial charge on any atom is -0.478 e. The third kappa shape index (κ3) is 2.52. The van der Waals surface area contributed by atoms with Crippen LogP contribution in [-0.4, -0.2) is 33.7 Å². The van der Waals surface area contributed by atoms with Crippen LogP contribution in [0, 0.1) is 0 Å². The van der Waals surface area contributed by atoms with Crippen LogP contribution in [0.4, 0.5) is 5.82 Å². The Labute approximate surface area is 135 Å². The van der Waals surface area contributed by atoms with Gasteiger partial charge in [-0.15, -0.1) is 0 Å². The summed E-state index contributed by atoms with van der Waals surface area (Å²) in [4.78, 5) is 37.2. The van der Waals surface area contributed by atoms with Gasteiger partial charge in [0.25, 0.3) is 5.56 Å². The van der Waals surface area contributed by atoms with Crippen molar-refractivity contribution in [2.24, 2.45) is 0 Å². The molecule has 124 valence electrons. The zero-order valence-corrected chi connectivity index (χ0v) is 12.5. The van der Waals surface area contributed by atoms with Crippen LogP contribution in [0.15, 0.2) is 23.0 Å². The zero-order chi connectivity index (χ0) is 17.4. The number of carboxylic acid groups (broad SMARTS) is 2. The molecule has 8 heteroatoms. The van der Waals surface area contributed by atoms with Gasteiger partial charge in [-0.3, -0.25) is 4.79 Å². The normalized spacial score (nSPS) is 13.3. The summed E-state index contributed by atoms with van der Waals surface area (Å²) in [7, 11) is 0. The molecule has 0 unspecified atom stereocenters. The first kappa shape index (κ1) is 15.8. The number of carbonyl (C=O) groups is 2. The summed E-state index contributed by atoms with van der Waals surface area (Å²) in [5, 5.41) is 22.0. The first-order chi connectivity index (χ1) is 11.4. The predicted octanol–water partition coefficient (Wildman–Crippen LogP) is 0.666. The second-order valence-corrected chi connectivity index (χ2v) is 5.51. The lowest BCUT2D eigenvalue weighted by atomic mass is 9.91. The van der Waals surface area contributed by atoms with Crippen LogP contribution in [0.25, 0.3) is 11.1 Å². The van der Waals surface area contributed by atoms with Gasteiger partial charge in [0, 0.05) is 12.1 Å². The van der Waals surface area contributed by atoms with Gasteiger partial charge in [0.05, 0.1) is 0 Å². The van der Waals surface area contributed by atoms with Crippen molar-refractivity contribution in [3.8, 4) is 11.1 Å². The summed E-state index contributed by atoms with van der Waals surface area (Å²) in [6.07, 6.45) is 0.729. The lowest BCUT2D eigenvalue weighted by Gasteiger charge is -2.19. The van der Waals surface area contributed by atoms with Crippen LogP contribution in [0.5, 0.6) is 0 Å². The average molecular weight is 329 g/mol. The molecule has 1 aromatic heterocycles. The number of nitrogens with one attached hydrogen (secondary N) is 2. The van der Waals surface area contributed by atoms with E-state index in [1.165, 1.54) is 0 Å². The molecule has 0 radical (unpaired) electrons. The molecule has 1 aliphatic heterocycles. The highest BCUT2D eigenvalue weighted by Gasteiger charge is 2.27. The second-order valence-electron chi connectivity index (χ2n) is 5.51. The third-order valence-electron chi connectivity index (χ3n) is 4.05. The molecule has 2 heterocycles. The molecular formula is C16H15N3O5. The van der Waals surface area contributed by atoms with Crippen LogP contribution in [0.1, 0.15) is 31.8 Å². The number of aromatic nitrogens is 1. The van der Waals surface area contributed by atoms with Gasteiger partial charge in [0.1, 0.15) is 16.9 Å². The van der Waals surface area contributed by atoms with E-state index in [4.69, 9.17) is 5.73 Å². The number of benzene rings is 1. The first-order valence-corrected chi connectivity index (χ1v) is 7.25. The number of hydrogen-bond acceptors (Lipinski definition) is 5. The molecule has 0 saturated carbocycles. The van der Waals surface area contributed by atoms with E-state index in [2.05, 4.69) is 10.3 Å². The van der Waals surface area contributed by atoms with Crippen LogP contribution in [-0.2, 0) is 13.0 Å². The van der Waals surface area contributed by atoms with E-state index in [9.17, 15) is 24.6 Å². The maximum atomic E-state index is 12.0. The molecule has 0 atom stereocenters. The number of H-pyrrole nitrogens is 1. The van der Waals surface area contributed by atoms with Crippen LogP contribution >= 0.6 is 0 Å². The smallest absolute Gasteiger partial charge is 0.342 e. The number of aromatic amines is 1. The van der Waals surface area contributed by atoms with Gasteiger partial charge < -0.3 is 26.2 Å². The van der Waals surface area contributed by atoms with E-state index in [0.717, 1.165) is 24.1 Å². The van der Waals surface area contributed by atoms with Crippen molar-refractivity contribution >= 4 is 17.8 Å². The average Bonchev–Trinajstić information content (AvgIpc) is 2.52. The van der Waals surface area contributed by atoms with Crippen molar-refractivity contribution in [3.05, 3.63) is 50.8 Å². The molecule has 0 saturated heterocycles. The van der Waals surface area contributed by atoms with E-state index in [1.54, 1.807) is 18.2 Å². The molecule has 3 rings (SSSR count). The van der Waals surface area contributed by atoms with Crippen molar-refractivity contribution < 1.29 is 19.8 Å². The number of pyridine rings is 1. The van der Waals surface area contributed by atoms with Crippen molar-refractivity contribution in [2.75, 3.05) is 12.3 Å². The molecule has 1 aromatic carbocycles. The maximum absolute atomic E-state index is 12.0. The molecule has 0 bridgehead atoms. The fraction of sp³-hybridized carbons (Fsp3) is 0.188. The molecule has 0 aliphatic carbocycles. The van der Waals surface area contributed by atoms with Crippen molar-refractivity contribution in [2.45, 2.75) is 13.0 Å². The number of anilines is 1. The van der Waals surface area contributed by atoms with E-state index < -0.39 is 28.6 Å². The lowest BCUT2D eigenvalue weighted by Crippen LogP contribution is -2.25. The molecule has 0 spiro atoms. The summed E-state index contributed by atoms with van der Waals surface area (Å²) >= 11 is 0. The lowest BCUT2D eigenvalue weighted by molar-refractivity contribution is 0.0695. The summed E-state index contributed by atoms with van der Waals surface area (Å²) in [5.41, 5.74) is 5.87. The summed E-state index contributed by atoms with van der Waals surface area (Å²) in [6.45, 7) is 1.45. The molecule has 8 nitrogen and oxygen atoms in total. The van der Waals surface area contributed by atoms with E-state index in [-0.39, 0.29) is 11.4 Å². The predicted molar refractivity (Wildman–Crippen MR) is 86.2 cm³/mol. The Kier molecular flexibility index (Phi) is 3.82. The standard InChI is InChI=1S/C16H15N3O5/c17-13-11(15(21)22)10(12(16(23)24)14(20)19-13)8-1-2-9-6-18-4-3-7(9)5-8/h1-2,5,18H,3-4,6H2,(H,21,22)(H,23,24)(H3,17,19,20). The van der Waals surface area contributed by atoms with Crippen molar-refractivity contribution in [1.82, 2.24) is 10.3 Å². The topological polar surface area (TPSA) is 146 Å². The molecule has 2 aromatic rings. The van der Waals surface area contributed by atoms with Gasteiger partial charge in [-0.05, 0) is 29.7 Å². The summed E-state index contributed by atoms with van der Waals surface area (Å²) < 4.78 is 0. The molecule has 6 N–H and O–H groups in total. The maximum Gasteiger partial charge on any atom is 0.342 e. The molecule has 1 aliphatic rings. The number of nitrogen functional groups attached to an aromatic ring is 1. The summed E-state index contributed by atoms with van der Waals surface area (Å²) in [6, 6.07) is 5.13. The number of nitrogens with two attached hydrogens (primary N) is 1. The SMILES string of the molecule is Nc1[nH]c(=O)c(C(=O)O)c(-c2ccc3c(c2)CCNC3)c1C(=O)O. The Hall–Kier alpha value is -3.13. The molecule has 0 fully saturated rings. The minimum absolute atomic E-state index is 0.169. The highest BCUT2D eigenvalue weighted by atomic mass is 16.4. The number of aromatic carboxylic acids is 2. The Morgan fingerprint density at radius 2 is 1.79 bits per heavy atom. The molecular weight excluding hydrogens is 314 g/mol. The Morgan fingerprint density at radius 3 is 2.46 bits per heavy atom. The largest absolute Gasteiger partial charge is 0.478 e.